The molecule has 0 spiro atoms. The fraction of sp³-hybridized carbons (Fsp3) is 0.200. The molecule has 1 aliphatic heterocycles. The first-order valence-corrected chi connectivity index (χ1v) is 6.20. The smallest absolute Gasteiger partial charge is 0.236 e. The lowest BCUT2D eigenvalue weighted by Crippen LogP contribution is -2.17. The van der Waals surface area contributed by atoms with Crippen molar-refractivity contribution in [2.45, 2.75) is 12.1 Å². The quantitative estimate of drug-likeness (QED) is 0.911. The molecule has 1 aliphatic rings. The summed E-state index contributed by atoms with van der Waals surface area (Å²) in [6, 6.07) is 15.1. The van der Waals surface area contributed by atoms with Crippen LogP contribution in [-0.4, -0.2) is 28.6 Å². The Balaban J connectivity index is 1.88. The number of ether oxygens (including phenoxy) is 1. The summed E-state index contributed by atoms with van der Waals surface area (Å²) in [7, 11) is 0. The molecule has 3 rings (SSSR count). The van der Waals surface area contributed by atoms with Crippen LogP contribution < -0.4 is 0 Å². The molecule has 4 nitrogen and oxygen atoms in total. The van der Waals surface area contributed by atoms with Crippen molar-refractivity contribution in [3.05, 3.63) is 66.0 Å². The van der Waals surface area contributed by atoms with Gasteiger partial charge in [0.2, 0.25) is 5.90 Å². The topological polar surface area (TPSA) is 54.7 Å². The lowest BCUT2D eigenvalue weighted by Gasteiger charge is -2.16. The third kappa shape index (κ3) is 2.35. The number of aliphatic imine (C=N–C) groups is 1. The third-order valence-electron chi connectivity index (χ3n) is 3.07. The highest BCUT2D eigenvalue weighted by Gasteiger charge is 2.32. The maximum absolute atomic E-state index is 9.45. The molecule has 0 aliphatic carbocycles. The van der Waals surface area contributed by atoms with Crippen molar-refractivity contribution < 1.29 is 9.84 Å². The zero-order valence-electron chi connectivity index (χ0n) is 10.3. The van der Waals surface area contributed by atoms with Crippen molar-refractivity contribution in [3.63, 3.8) is 0 Å². The maximum atomic E-state index is 9.45. The van der Waals surface area contributed by atoms with Crippen LogP contribution in [0.15, 0.2) is 59.7 Å². The predicted molar refractivity (Wildman–Crippen MR) is 71.9 cm³/mol. The highest BCUT2D eigenvalue weighted by Crippen LogP contribution is 2.30. The van der Waals surface area contributed by atoms with Gasteiger partial charge in [0.05, 0.1) is 6.61 Å². The molecule has 0 bridgehead atoms. The van der Waals surface area contributed by atoms with Gasteiger partial charge in [0.15, 0.2) is 6.10 Å². The molecule has 0 amide bonds. The van der Waals surface area contributed by atoms with Crippen molar-refractivity contribution in [3.8, 4) is 0 Å². The van der Waals surface area contributed by atoms with E-state index >= 15 is 0 Å². The second-order valence-electron chi connectivity index (χ2n) is 4.35. The highest BCUT2D eigenvalue weighted by molar-refractivity contribution is 5.93. The Morgan fingerprint density at radius 1 is 1.05 bits per heavy atom. The maximum Gasteiger partial charge on any atom is 0.236 e. The minimum absolute atomic E-state index is 0.0457. The Morgan fingerprint density at radius 3 is 2.53 bits per heavy atom. The Bertz CT molecular complexity index is 569. The monoisotopic (exact) mass is 254 g/mol. The number of hydrogen-bond donors (Lipinski definition) is 1. The first-order chi connectivity index (χ1) is 9.38. The van der Waals surface area contributed by atoms with Crippen molar-refractivity contribution >= 4 is 5.90 Å². The first kappa shape index (κ1) is 11.9. The lowest BCUT2D eigenvalue weighted by molar-refractivity contribution is 0.151. The largest absolute Gasteiger partial charge is 0.466 e. The standard InChI is InChI=1S/C15H14N2O2/c18-10-13-14(11-6-2-1-3-7-11)19-15(17-13)12-8-4-5-9-16-12/h1-9,13-14,18H,10H2/t13-,14-/m0/s1. The van der Waals surface area contributed by atoms with Crippen molar-refractivity contribution in [2.24, 2.45) is 4.99 Å². The Hall–Kier alpha value is -2.20. The average molecular weight is 254 g/mol. The molecule has 2 atom stereocenters. The van der Waals surface area contributed by atoms with E-state index in [4.69, 9.17) is 4.74 Å². The van der Waals surface area contributed by atoms with Crippen LogP contribution in [0.2, 0.25) is 0 Å². The van der Waals surface area contributed by atoms with E-state index in [1.165, 1.54) is 0 Å². The molecule has 0 saturated carbocycles. The fourth-order valence-electron chi connectivity index (χ4n) is 2.13. The summed E-state index contributed by atoms with van der Waals surface area (Å²) in [6.07, 6.45) is 1.45. The van der Waals surface area contributed by atoms with Crippen LogP contribution in [-0.2, 0) is 4.74 Å². The number of aliphatic hydroxyl groups excluding tert-OH is 1. The lowest BCUT2D eigenvalue weighted by atomic mass is 10.0. The summed E-state index contributed by atoms with van der Waals surface area (Å²) in [4.78, 5) is 8.64. The van der Waals surface area contributed by atoms with E-state index in [9.17, 15) is 5.11 Å². The number of pyridine rings is 1. The molecule has 1 N–H and O–H groups in total. The minimum Gasteiger partial charge on any atom is -0.466 e. The van der Waals surface area contributed by atoms with E-state index in [1.807, 2.05) is 48.5 Å². The van der Waals surface area contributed by atoms with E-state index in [0.717, 1.165) is 5.56 Å². The van der Waals surface area contributed by atoms with Gasteiger partial charge in [-0.3, -0.25) is 4.98 Å². The van der Waals surface area contributed by atoms with Crippen LogP contribution in [0.25, 0.3) is 0 Å². The zero-order chi connectivity index (χ0) is 13.1. The van der Waals surface area contributed by atoms with Crippen molar-refractivity contribution in [1.29, 1.82) is 0 Å². The van der Waals surface area contributed by atoms with Gasteiger partial charge in [-0.05, 0) is 17.7 Å². The van der Waals surface area contributed by atoms with Crippen LogP contribution in [0.5, 0.6) is 0 Å². The van der Waals surface area contributed by atoms with Gasteiger partial charge in [-0.2, -0.15) is 0 Å². The molecule has 2 heterocycles. The molecule has 1 aromatic heterocycles. The number of rotatable bonds is 3. The van der Waals surface area contributed by atoms with Gasteiger partial charge in [-0.1, -0.05) is 36.4 Å². The summed E-state index contributed by atoms with van der Waals surface area (Å²) in [5.41, 5.74) is 1.70. The van der Waals surface area contributed by atoms with E-state index in [-0.39, 0.29) is 18.8 Å². The van der Waals surface area contributed by atoms with Crippen LogP contribution in [0, 0.1) is 0 Å². The van der Waals surface area contributed by atoms with Gasteiger partial charge in [0.1, 0.15) is 11.7 Å². The van der Waals surface area contributed by atoms with E-state index in [1.54, 1.807) is 6.20 Å². The molecule has 2 aromatic rings. The van der Waals surface area contributed by atoms with Crippen LogP contribution in [0.3, 0.4) is 0 Å². The van der Waals surface area contributed by atoms with E-state index < -0.39 is 0 Å². The summed E-state index contributed by atoms with van der Waals surface area (Å²) in [5, 5.41) is 9.45. The molecular formula is C15H14N2O2. The molecule has 4 heteroatoms. The molecule has 96 valence electrons. The van der Waals surface area contributed by atoms with Gasteiger partial charge in [-0.15, -0.1) is 0 Å². The van der Waals surface area contributed by atoms with Gasteiger partial charge in [0.25, 0.3) is 0 Å². The average Bonchev–Trinajstić information content (AvgIpc) is 2.93. The zero-order valence-corrected chi connectivity index (χ0v) is 10.3. The number of aliphatic hydroxyl groups is 1. The number of benzene rings is 1. The summed E-state index contributed by atoms with van der Waals surface area (Å²) >= 11 is 0. The van der Waals surface area contributed by atoms with Gasteiger partial charge in [-0.25, -0.2) is 4.99 Å². The van der Waals surface area contributed by atoms with Gasteiger partial charge < -0.3 is 9.84 Å². The molecule has 0 fully saturated rings. The second kappa shape index (κ2) is 5.20. The molecule has 0 radical (unpaired) electrons. The van der Waals surface area contributed by atoms with Crippen molar-refractivity contribution in [1.82, 2.24) is 4.98 Å². The molecular weight excluding hydrogens is 240 g/mol. The van der Waals surface area contributed by atoms with E-state index in [0.29, 0.717) is 11.6 Å². The Morgan fingerprint density at radius 2 is 1.84 bits per heavy atom. The van der Waals surface area contributed by atoms with Gasteiger partial charge >= 0.3 is 0 Å². The Kier molecular flexibility index (Phi) is 3.25. The molecule has 0 saturated heterocycles. The number of hydrogen-bond acceptors (Lipinski definition) is 4. The predicted octanol–water partition coefficient (Wildman–Crippen LogP) is 1.96. The third-order valence-corrected chi connectivity index (χ3v) is 3.07. The van der Waals surface area contributed by atoms with Crippen LogP contribution >= 0.6 is 0 Å². The number of nitrogens with zero attached hydrogens (tertiary/aromatic N) is 2. The van der Waals surface area contributed by atoms with Crippen molar-refractivity contribution in [2.75, 3.05) is 6.61 Å². The first-order valence-electron chi connectivity index (χ1n) is 6.20. The van der Waals surface area contributed by atoms with Gasteiger partial charge in [0, 0.05) is 6.20 Å². The molecule has 0 unspecified atom stereocenters. The Labute approximate surface area is 111 Å². The highest BCUT2D eigenvalue weighted by atomic mass is 16.5. The van der Waals surface area contributed by atoms with Crippen LogP contribution in [0.4, 0.5) is 0 Å². The minimum atomic E-state index is -0.278. The summed E-state index contributed by atoms with van der Waals surface area (Å²) in [5.74, 6) is 0.494. The summed E-state index contributed by atoms with van der Waals surface area (Å²) < 4.78 is 5.86. The number of aromatic nitrogens is 1. The fourth-order valence-corrected chi connectivity index (χ4v) is 2.13. The van der Waals surface area contributed by atoms with Crippen LogP contribution in [0.1, 0.15) is 17.4 Å². The molecule has 19 heavy (non-hydrogen) atoms. The molecule has 1 aromatic carbocycles. The normalized spacial score (nSPS) is 21.8. The SMILES string of the molecule is OC[C@@H]1N=C(c2ccccn2)O[C@H]1c1ccccc1. The second-order valence-corrected chi connectivity index (χ2v) is 4.35. The van der Waals surface area contributed by atoms with E-state index in [2.05, 4.69) is 9.98 Å². The summed E-state index contributed by atoms with van der Waals surface area (Å²) in [6.45, 7) is -0.0457.